The van der Waals surface area contributed by atoms with Crippen LogP contribution in [0.1, 0.15) is 37.4 Å². The lowest BCUT2D eigenvalue weighted by Crippen LogP contribution is -2.25. The van der Waals surface area contributed by atoms with Crippen molar-refractivity contribution in [1.82, 2.24) is 0 Å². The van der Waals surface area contributed by atoms with Crippen molar-refractivity contribution >= 4 is 5.97 Å². The summed E-state index contributed by atoms with van der Waals surface area (Å²) in [6.45, 7) is 2.84. The largest absolute Gasteiger partial charge is 0.493 e. The Morgan fingerprint density at radius 1 is 1.22 bits per heavy atom. The summed E-state index contributed by atoms with van der Waals surface area (Å²) in [5, 5.41) is 9.20. The highest BCUT2D eigenvalue weighted by Crippen LogP contribution is 2.33. The van der Waals surface area contributed by atoms with E-state index in [9.17, 15) is 9.90 Å². The van der Waals surface area contributed by atoms with Crippen molar-refractivity contribution in [3.05, 3.63) is 29.8 Å². The maximum atomic E-state index is 11.2. The molecule has 2 atom stereocenters. The van der Waals surface area contributed by atoms with Gasteiger partial charge in [-0.15, -0.1) is 0 Å². The van der Waals surface area contributed by atoms with Gasteiger partial charge in [0.25, 0.3) is 0 Å². The summed E-state index contributed by atoms with van der Waals surface area (Å²) in [5.41, 5.74) is 1.00. The van der Waals surface area contributed by atoms with Gasteiger partial charge in [-0.2, -0.15) is 0 Å². The third-order valence-corrected chi connectivity index (χ3v) is 4.69. The maximum Gasteiger partial charge on any atom is 0.306 e. The van der Waals surface area contributed by atoms with Gasteiger partial charge < -0.3 is 19.3 Å². The lowest BCUT2D eigenvalue weighted by atomic mass is 9.92. The Morgan fingerprint density at radius 3 is 2.83 bits per heavy atom. The van der Waals surface area contributed by atoms with Crippen LogP contribution in [0.4, 0.5) is 0 Å². The van der Waals surface area contributed by atoms with Crippen LogP contribution in [-0.2, 0) is 14.3 Å². The second-order valence-corrected chi connectivity index (χ2v) is 6.36. The number of ether oxygens (including phenoxy) is 3. The summed E-state index contributed by atoms with van der Waals surface area (Å²) in [5.74, 6) is 0.329. The van der Waals surface area contributed by atoms with Crippen LogP contribution in [-0.4, -0.2) is 37.5 Å². The average Bonchev–Trinajstić information content (AvgIpc) is 2.61. The quantitative estimate of drug-likeness (QED) is 0.903. The van der Waals surface area contributed by atoms with Gasteiger partial charge in [0.05, 0.1) is 18.6 Å². The van der Waals surface area contributed by atoms with E-state index in [-0.39, 0.29) is 12.0 Å². The molecule has 2 fully saturated rings. The molecule has 2 aliphatic rings. The summed E-state index contributed by atoms with van der Waals surface area (Å²) in [4.78, 5) is 11.2. The molecule has 0 aromatic heterocycles. The smallest absolute Gasteiger partial charge is 0.306 e. The first-order valence-electron chi connectivity index (χ1n) is 8.37. The van der Waals surface area contributed by atoms with Gasteiger partial charge >= 0.3 is 5.97 Å². The molecule has 0 saturated carbocycles. The van der Waals surface area contributed by atoms with Gasteiger partial charge in [0.1, 0.15) is 5.75 Å². The third kappa shape index (κ3) is 4.45. The molecule has 2 heterocycles. The van der Waals surface area contributed by atoms with E-state index in [1.54, 1.807) is 0 Å². The van der Waals surface area contributed by atoms with Gasteiger partial charge in [0.15, 0.2) is 0 Å². The minimum atomic E-state index is -0.731. The number of carboxylic acid groups (broad SMARTS) is 1. The van der Waals surface area contributed by atoms with Crippen LogP contribution in [0.15, 0.2) is 24.3 Å². The van der Waals surface area contributed by atoms with E-state index in [2.05, 4.69) is 0 Å². The molecule has 126 valence electrons. The summed E-state index contributed by atoms with van der Waals surface area (Å²) in [6.07, 6.45) is 3.05. The number of hydrogen-bond donors (Lipinski definition) is 1. The van der Waals surface area contributed by atoms with Crippen molar-refractivity contribution in [3.63, 3.8) is 0 Å². The van der Waals surface area contributed by atoms with Crippen molar-refractivity contribution in [2.75, 3.05) is 26.4 Å². The van der Waals surface area contributed by atoms with E-state index < -0.39 is 5.97 Å². The van der Waals surface area contributed by atoms with E-state index in [1.807, 2.05) is 24.3 Å². The monoisotopic (exact) mass is 320 g/mol. The van der Waals surface area contributed by atoms with Crippen LogP contribution in [0.2, 0.25) is 0 Å². The molecular formula is C18H24O5. The van der Waals surface area contributed by atoms with Crippen LogP contribution in [0.25, 0.3) is 0 Å². The lowest BCUT2D eigenvalue weighted by molar-refractivity contribution is -0.147. The second kappa shape index (κ2) is 7.79. The number of hydrogen-bond acceptors (Lipinski definition) is 4. The highest BCUT2D eigenvalue weighted by atomic mass is 16.5. The van der Waals surface area contributed by atoms with E-state index in [1.165, 1.54) is 0 Å². The zero-order valence-corrected chi connectivity index (χ0v) is 13.3. The Morgan fingerprint density at radius 2 is 2.04 bits per heavy atom. The van der Waals surface area contributed by atoms with Gasteiger partial charge in [0, 0.05) is 19.8 Å². The molecule has 3 rings (SSSR count). The molecule has 1 N–H and O–H groups in total. The predicted molar refractivity (Wildman–Crippen MR) is 84.5 cm³/mol. The van der Waals surface area contributed by atoms with Crippen LogP contribution in [0, 0.1) is 11.8 Å². The average molecular weight is 320 g/mol. The molecule has 0 spiro atoms. The molecule has 0 radical (unpaired) electrons. The summed E-state index contributed by atoms with van der Waals surface area (Å²) >= 11 is 0. The second-order valence-electron chi connectivity index (χ2n) is 6.36. The first kappa shape index (κ1) is 16.3. The highest BCUT2D eigenvalue weighted by Gasteiger charge is 2.28. The van der Waals surface area contributed by atoms with E-state index in [4.69, 9.17) is 14.2 Å². The maximum absolute atomic E-state index is 11.2. The molecule has 1 aromatic rings. The summed E-state index contributed by atoms with van der Waals surface area (Å²) < 4.78 is 17.0. The Hall–Kier alpha value is -1.59. The first-order chi connectivity index (χ1) is 11.2. The standard InChI is InChI=1S/C18H24O5/c19-18(20)15-6-9-22-17(11-15)14-2-1-3-16(10-14)23-12-13-4-7-21-8-5-13/h1-3,10,13,15,17H,4-9,11-12H2,(H,19,20). The van der Waals surface area contributed by atoms with Crippen molar-refractivity contribution < 1.29 is 24.1 Å². The summed E-state index contributed by atoms with van der Waals surface area (Å²) in [6, 6.07) is 7.85. The number of benzene rings is 1. The predicted octanol–water partition coefficient (Wildman–Crippen LogP) is 3.04. The highest BCUT2D eigenvalue weighted by molar-refractivity contribution is 5.70. The molecule has 2 saturated heterocycles. The zero-order valence-electron chi connectivity index (χ0n) is 13.3. The van der Waals surface area contributed by atoms with Gasteiger partial charge in [-0.05, 0) is 49.3 Å². The van der Waals surface area contributed by atoms with Gasteiger partial charge in [-0.1, -0.05) is 12.1 Å². The Balaban J connectivity index is 1.59. The van der Waals surface area contributed by atoms with E-state index in [0.29, 0.717) is 32.0 Å². The molecule has 0 bridgehead atoms. The minimum absolute atomic E-state index is 0.156. The molecule has 0 aliphatic carbocycles. The van der Waals surface area contributed by atoms with Crippen LogP contribution in [0.3, 0.4) is 0 Å². The molecule has 2 unspecified atom stereocenters. The Labute approximate surface area is 136 Å². The number of carboxylic acids is 1. The Kier molecular flexibility index (Phi) is 5.51. The fourth-order valence-corrected chi connectivity index (χ4v) is 3.19. The lowest BCUT2D eigenvalue weighted by Gasteiger charge is -2.28. The topological polar surface area (TPSA) is 65.0 Å². The fourth-order valence-electron chi connectivity index (χ4n) is 3.19. The van der Waals surface area contributed by atoms with Gasteiger partial charge in [-0.25, -0.2) is 0 Å². The van der Waals surface area contributed by atoms with Gasteiger partial charge in [0.2, 0.25) is 0 Å². The SMILES string of the molecule is O=C(O)C1CCOC(c2cccc(OCC3CCOCC3)c2)C1. The molecule has 23 heavy (non-hydrogen) atoms. The van der Waals surface area contributed by atoms with Crippen LogP contribution < -0.4 is 4.74 Å². The van der Waals surface area contributed by atoms with E-state index >= 15 is 0 Å². The fraction of sp³-hybridized carbons (Fsp3) is 0.611. The minimum Gasteiger partial charge on any atom is -0.493 e. The number of carbonyl (C=O) groups is 1. The normalized spacial score (nSPS) is 25.9. The first-order valence-corrected chi connectivity index (χ1v) is 8.37. The van der Waals surface area contributed by atoms with Gasteiger partial charge in [-0.3, -0.25) is 4.79 Å². The zero-order chi connectivity index (χ0) is 16.1. The van der Waals surface area contributed by atoms with Crippen molar-refractivity contribution in [2.24, 2.45) is 11.8 Å². The molecule has 5 nitrogen and oxygen atoms in total. The molecular weight excluding hydrogens is 296 g/mol. The van der Waals surface area contributed by atoms with Crippen molar-refractivity contribution in [3.8, 4) is 5.75 Å². The molecule has 2 aliphatic heterocycles. The number of rotatable bonds is 5. The number of aliphatic carboxylic acids is 1. The van der Waals surface area contributed by atoms with Crippen LogP contribution in [0.5, 0.6) is 5.75 Å². The molecule has 1 aromatic carbocycles. The molecule has 5 heteroatoms. The van der Waals surface area contributed by atoms with E-state index in [0.717, 1.165) is 37.4 Å². The third-order valence-electron chi connectivity index (χ3n) is 4.69. The van der Waals surface area contributed by atoms with Crippen LogP contribution >= 0.6 is 0 Å². The Bertz CT molecular complexity index is 524. The van der Waals surface area contributed by atoms with Crippen molar-refractivity contribution in [2.45, 2.75) is 31.8 Å². The molecule has 0 amide bonds. The summed E-state index contributed by atoms with van der Waals surface area (Å²) in [7, 11) is 0. The van der Waals surface area contributed by atoms with Crippen molar-refractivity contribution in [1.29, 1.82) is 0 Å².